The number of aryl methyl sites for hydroxylation is 2. The van der Waals surface area contributed by atoms with Gasteiger partial charge in [0.15, 0.2) is 0 Å². The Bertz CT molecular complexity index is 1160. The van der Waals surface area contributed by atoms with Crippen LogP contribution in [0.2, 0.25) is 0 Å². The van der Waals surface area contributed by atoms with E-state index in [4.69, 9.17) is 5.14 Å². The molecule has 0 bridgehead atoms. The molecule has 0 aliphatic carbocycles. The predicted octanol–water partition coefficient (Wildman–Crippen LogP) is 2.73. The molecular weight excluding hydrogens is 376 g/mol. The highest BCUT2D eigenvalue weighted by molar-refractivity contribution is 7.89. The molecule has 0 unspecified atom stereocenters. The normalized spacial score (nSPS) is 12.8. The Morgan fingerprint density at radius 3 is 2.14 bits per heavy atom. The van der Waals surface area contributed by atoms with Gasteiger partial charge in [0.05, 0.1) is 33.4 Å². The second-order valence-electron chi connectivity index (χ2n) is 6.80. The Balaban J connectivity index is 1.87. The number of carbonyl (C=O) groups is 1. The molecular formula is C20H22N4O3S. The van der Waals surface area contributed by atoms with Crippen molar-refractivity contribution in [2.45, 2.75) is 31.7 Å². The maximum atomic E-state index is 12.9. The topological polar surface area (TPSA) is 106 Å². The van der Waals surface area contributed by atoms with Crippen LogP contribution in [-0.4, -0.2) is 36.2 Å². The summed E-state index contributed by atoms with van der Waals surface area (Å²) in [7, 11) is -2.04. The third kappa shape index (κ3) is 3.88. The van der Waals surface area contributed by atoms with Crippen molar-refractivity contribution in [1.29, 1.82) is 0 Å². The van der Waals surface area contributed by atoms with Crippen molar-refractivity contribution < 1.29 is 13.2 Å². The molecule has 8 heteroatoms. The van der Waals surface area contributed by atoms with Gasteiger partial charge >= 0.3 is 0 Å². The third-order valence-corrected chi connectivity index (χ3v) is 5.84. The van der Waals surface area contributed by atoms with Crippen LogP contribution in [0.5, 0.6) is 0 Å². The van der Waals surface area contributed by atoms with Crippen LogP contribution < -0.4 is 5.14 Å². The quantitative estimate of drug-likeness (QED) is 0.727. The molecule has 0 radical (unpaired) electrons. The third-order valence-electron chi connectivity index (χ3n) is 4.91. The summed E-state index contributed by atoms with van der Waals surface area (Å²) in [6.07, 6.45) is 0. The Kier molecular flexibility index (Phi) is 5.18. The van der Waals surface area contributed by atoms with E-state index in [2.05, 4.69) is 9.97 Å². The minimum atomic E-state index is -3.75. The van der Waals surface area contributed by atoms with E-state index in [0.29, 0.717) is 11.1 Å². The summed E-state index contributed by atoms with van der Waals surface area (Å²) in [5, 5.41) is 5.13. The van der Waals surface area contributed by atoms with E-state index in [-0.39, 0.29) is 16.8 Å². The summed E-state index contributed by atoms with van der Waals surface area (Å²) in [4.78, 5) is 23.6. The number of aromatic nitrogens is 2. The molecule has 3 rings (SSSR count). The van der Waals surface area contributed by atoms with Gasteiger partial charge in [-0.25, -0.2) is 23.5 Å². The van der Waals surface area contributed by atoms with Crippen LogP contribution in [0.25, 0.3) is 11.0 Å². The lowest BCUT2D eigenvalue weighted by molar-refractivity contribution is 0.0742. The fraction of sp³-hybridized carbons (Fsp3) is 0.250. The molecule has 0 aliphatic heterocycles. The zero-order valence-electron chi connectivity index (χ0n) is 16.2. The number of benzene rings is 2. The molecule has 1 aromatic heterocycles. The Morgan fingerprint density at radius 2 is 1.57 bits per heavy atom. The Labute approximate surface area is 164 Å². The molecule has 28 heavy (non-hydrogen) atoms. The number of amides is 1. The summed E-state index contributed by atoms with van der Waals surface area (Å²) < 4.78 is 22.8. The van der Waals surface area contributed by atoms with Crippen molar-refractivity contribution in [3.8, 4) is 0 Å². The van der Waals surface area contributed by atoms with E-state index in [1.165, 1.54) is 12.1 Å². The molecule has 1 heterocycles. The highest BCUT2D eigenvalue weighted by atomic mass is 32.2. The molecule has 0 spiro atoms. The van der Waals surface area contributed by atoms with Crippen molar-refractivity contribution in [2.24, 2.45) is 5.14 Å². The summed E-state index contributed by atoms with van der Waals surface area (Å²) in [5.74, 6) is -0.162. The fourth-order valence-corrected chi connectivity index (χ4v) is 3.42. The van der Waals surface area contributed by atoms with Crippen LogP contribution in [0.15, 0.2) is 47.4 Å². The maximum Gasteiger partial charge on any atom is 0.254 e. The van der Waals surface area contributed by atoms with Crippen LogP contribution >= 0.6 is 0 Å². The lowest BCUT2D eigenvalue weighted by Crippen LogP contribution is -2.29. The molecule has 146 valence electrons. The average Bonchev–Trinajstić information content (AvgIpc) is 2.66. The van der Waals surface area contributed by atoms with Crippen molar-refractivity contribution in [2.75, 3.05) is 7.05 Å². The number of hydrogen-bond acceptors (Lipinski definition) is 5. The minimum absolute atomic E-state index is 0.0381. The highest BCUT2D eigenvalue weighted by Gasteiger charge is 2.20. The van der Waals surface area contributed by atoms with E-state index in [9.17, 15) is 13.2 Å². The van der Waals surface area contributed by atoms with Crippen LogP contribution in [0.3, 0.4) is 0 Å². The van der Waals surface area contributed by atoms with Crippen LogP contribution in [0.1, 0.15) is 40.3 Å². The molecule has 2 aromatic carbocycles. The number of nitrogens with two attached hydrogens (primary N) is 1. The number of fused-ring (bicyclic) bond motifs is 1. The molecule has 0 saturated heterocycles. The highest BCUT2D eigenvalue weighted by Crippen LogP contribution is 2.23. The Hall–Kier alpha value is -2.84. The monoisotopic (exact) mass is 398 g/mol. The van der Waals surface area contributed by atoms with E-state index < -0.39 is 10.0 Å². The van der Waals surface area contributed by atoms with Crippen molar-refractivity contribution in [3.05, 3.63) is 65.0 Å². The first-order valence-corrected chi connectivity index (χ1v) is 10.3. The molecule has 0 saturated carbocycles. The first-order chi connectivity index (χ1) is 13.1. The molecule has 7 nitrogen and oxygen atoms in total. The van der Waals surface area contributed by atoms with Gasteiger partial charge in [0, 0.05) is 12.6 Å². The zero-order valence-corrected chi connectivity index (χ0v) is 17.0. The van der Waals surface area contributed by atoms with Gasteiger partial charge in [-0.3, -0.25) is 4.79 Å². The van der Waals surface area contributed by atoms with Gasteiger partial charge in [0.2, 0.25) is 10.0 Å². The van der Waals surface area contributed by atoms with Crippen molar-refractivity contribution >= 4 is 27.0 Å². The van der Waals surface area contributed by atoms with Crippen LogP contribution in [-0.2, 0) is 10.0 Å². The summed E-state index contributed by atoms with van der Waals surface area (Å²) in [5.41, 5.74) is 4.42. The van der Waals surface area contributed by atoms with Gasteiger partial charge in [-0.1, -0.05) is 12.1 Å². The van der Waals surface area contributed by atoms with E-state index in [1.807, 2.05) is 20.8 Å². The SMILES string of the molecule is Cc1nc2ccc(C(=O)N(C)[C@H](C)c3ccc(S(N)(=O)=O)cc3)cc2nc1C. The fourth-order valence-electron chi connectivity index (χ4n) is 2.90. The summed E-state index contributed by atoms with van der Waals surface area (Å²) in [6.45, 7) is 5.66. The van der Waals surface area contributed by atoms with Gasteiger partial charge in [-0.15, -0.1) is 0 Å². The molecule has 1 amide bonds. The van der Waals surface area contributed by atoms with Gasteiger partial charge in [-0.05, 0) is 56.7 Å². The van der Waals surface area contributed by atoms with E-state index in [0.717, 1.165) is 22.5 Å². The zero-order chi connectivity index (χ0) is 20.6. The number of sulfonamides is 1. The summed E-state index contributed by atoms with van der Waals surface area (Å²) >= 11 is 0. The lowest BCUT2D eigenvalue weighted by Gasteiger charge is -2.25. The van der Waals surface area contributed by atoms with Gasteiger partial charge in [0.1, 0.15) is 0 Å². The van der Waals surface area contributed by atoms with Gasteiger partial charge < -0.3 is 4.90 Å². The number of carbonyl (C=O) groups excluding carboxylic acids is 1. The van der Waals surface area contributed by atoms with Crippen molar-refractivity contribution in [1.82, 2.24) is 14.9 Å². The molecule has 3 aromatic rings. The van der Waals surface area contributed by atoms with E-state index in [1.54, 1.807) is 42.3 Å². The largest absolute Gasteiger partial charge is 0.335 e. The van der Waals surface area contributed by atoms with Gasteiger partial charge in [-0.2, -0.15) is 0 Å². The smallest absolute Gasteiger partial charge is 0.254 e. The maximum absolute atomic E-state index is 12.9. The van der Waals surface area contributed by atoms with Crippen LogP contribution in [0, 0.1) is 13.8 Å². The van der Waals surface area contributed by atoms with Gasteiger partial charge in [0.25, 0.3) is 5.91 Å². The molecule has 0 aliphatic rings. The molecule has 0 fully saturated rings. The first-order valence-electron chi connectivity index (χ1n) is 8.73. The second-order valence-corrected chi connectivity index (χ2v) is 8.37. The number of hydrogen-bond donors (Lipinski definition) is 1. The number of rotatable bonds is 4. The standard InChI is InChI=1S/C20H22N4O3S/c1-12-13(2)23-19-11-16(7-10-18(19)22-12)20(25)24(4)14(3)15-5-8-17(9-6-15)28(21,26)27/h5-11,14H,1-4H3,(H2,21,26,27)/t14-/m1/s1. The predicted molar refractivity (Wildman–Crippen MR) is 107 cm³/mol. The first kappa shape index (κ1) is 19.9. The summed E-state index contributed by atoms with van der Waals surface area (Å²) in [6, 6.07) is 11.2. The molecule has 1 atom stereocenters. The molecule has 2 N–H and O–H groups in total. The Morgan fingerprint density at radius 1 is 1.00 bits per heavy atom. The average molecular weight is 398 g/mol. The lowest BCUT2D eigenvalue weighted by atomic mass is 10.1. The van der Waals surface area contributed by atoms with E-state index >= 15 is 0 Å². The number of nitrogens with zero attached hydrogens (tertiary/aromatic N) is 3. The number of primary sulfonamides is 1. The second kappa shape index (κ2) is 7.29. The minimum Gasteiger partial charge on any atom is -0.335 e. The van der Waals surface area contributed by atoms with Crippen LogP contribution in [0.4, 0.5) is 0 Å². The van der Waals surface area contributed by atoms with Crippen molar-refractivity contribution in [3.63, 3.8) is 0 Å².